The molecule has 10 rings (SSSR count). The van der Waals surface area contributed by atoms with Crippen LogP contribution in [0.4, 0.5) is 17.1 Å². The first-order valence-electron chi connectivity index (χ1n) is 17.2. The Bertz CT molecular complexity index is 2840. The minimum atomic E-state index is 0.624. The van der Waals surface area contributed by atoms with E-state index in [1.807, 2.05) is 30.3 Å². The molecule has 0 unspecified atom stereocenters. The molecule has 0 atom stereocenters. The van der Waals surface area contributed by atoms with E-state index in [4.69, 9.17) is 9.40 Å². The fraction of sp³-hybridized carbons (Fsp3) is 0. The first kappa shape index (κ1) is 29.0. The maximum absolute atomic E-state index is 6.48. The lowest BCUT2D eigenvalue weighted by atomic mass is 9.99. The topological polar surface area (TPSA) is 34.2 Å². The molecule has 240 valence electrons. The van der Waals surface area contributed by atoms with Crippen LogP contribution in [-0.4, -0.2) is 9.55 Å². The number of anilines is 3. The monoisotopic (exact) mass is 653 g/mol. The molecule has 0 aliphatic rings. The predicted molar refractivity (Wildman–Crippen MR) is 211 cm³/mol. The molecule has 51 heavy (non-hydrogen) atoms. The Morgan fingerprint density at radius 3 is 1.84 bits per heavy atom. The molecule has 4 heteroatoms. The summed E-state index contributed by atoms with van der Waals surface area (Å²) in [4.78, 5) is 7.39. The van der Waals surface area contributed by atoms with Gasteiger partial charge in [0.25, 0.3) is 0 Å². The number of fused-ring (bicyclic) bond motifs is 6. The van der Waals surface area contributed by atoms with Gasteiger partial charge in [-0.05, 0) is 83.7 Å². The zero-order valence-corrected chi connectivity index (χ0v) is 27.6. The third kappa shape index (κ3) is 4.88. The van der Waals surface area contributed by atoms with E-state index in [1.165, 1.54) is 16.3 Å². The number of hydrogen-bond donors (Lipinski definition) is 0. The lowest BCUT2D eigenvalue weighted by Crippen LogP contribution is -2.10. The summed E-state index contributed by atoms with van der Waals surface area (Å²) in [7, 11) is 0. The van der Waals surface area contributed by atoms with Crippen LogP contribution in [0.3, 0.4) is 0 Å². The van der Waals surface area contributed by atoms with Crippen molar-refractivity contribution in [2.75, 3.05) is 4.90 Å². The van der Waals surface area contributed by atoms with Crippen LogP contribution < -0.4 is 4.90 Å². The minimum Gasteiger partial charge on any atom is -0.435 e. The van der Waals surface area contributed by atoms with E-state index in [9.17, 15) is 0 Å². The van der Waals surface area contributed by atoms with Crippen LogP contribution in [-0.2, 0) is 0 Å². The molecule has 0 saturated carbocycles. The third-order valence-corrected chi connectivity index (χ3v) is 9.79. The van der Waals surface area contributed by atoms with Crippen molar-refractivity contribution in [3.8, 4) is 28.3 Å². The van der Waals surface area contributed by atoms with Gasteiger partial charge in [-0.15, -0.1) is 0 Å². The average molecular weight is 654 g/mol. The van der Waals surface area contributed by atoms with Crippen LogP contribution in [0.1, 0.15) is 0 Å². The third-order valence-electron chi connectivity index (χ3n) is 9.79. The number of aromatic nitrogens is 2. The van der Waals surface area contributed by atoms with E-state index >= 15 is 0 Å². The first-order valence-corrected chi connectivity index (χ1v) is 17.2. The van der Waals surface area contributed by atoms with Crippen LogP contribution in [0, 0.1) is 0 Å². The van der Waals surface area contributed by atoms with Crippen molar-refractivity contribution >= 4 is 60.7 Å². The number of oxazole rings is 1. The van der Waals surface area contributed by atoms with E-state index in [-0.39, 0.29) is 0 Å². The second-order valence-corrected chi connectivity index (χ2v) is 12.8. The smallest absolute Gasteiger partial charge is 0.227 e. The summed E-state index contributed by atoms with van der Waals surface area (Å²) in [5.41, 5.74) is 11.5. The van der Waals surface area contributed by atoms with Gasteiger partial charge in [0, 0.05) is 50.0 Å². The Hall–Kier alpha value is -6.91. The zero-order chi connectivity index (χ0) is 33.7. The number of nitrogens with zero attached hydrogens (tertiary/aromatic N) is 3. The van der Waals surface area contributed by atoms with Gasteiger partial charge in [0.15, 0.2) is 5.58 Å². The molecule has 4 nitrogen and oxygen atoms in total. The van der Waals surface area contributed by atoms with Crippen LogP contribution in [0.2, 0.25) is 0 Å². The van der Waals surface area contributed by atoms with E-state index in [0.717, 1.165) is 66.8 Å². The van der Waals surface area contributed by atoms with Gasteiger partial charge in [0.05, 0.1) is 11.0 Å². The summed E-state index contributed by atoms with van der Waals surface area (Å²) in [5, 5.41) is 4.64. The lowest BCUT2D eigenvalue weighted by Gasteiger charge is -2.26. The van der Waals surface area contributed by atoms with Crippen molar-refractivity contribution in [3.05, 3.63) is 188 Å². The molecule has 2 aromatic heterocycles. The summed E-state index contributed by atoms with van der Waals surface area (Å²) in [6.45, 7) is 0. The van der Waals surface area contributed by atoms with Gasteiger partial charge < -0.3 is 13.9 Å². The number of benzene rings is 8. The lowest BCUT2D eigenvalue weighted by molar-refractivity contribution is 0.623. The highest BCUT2D eigenvalue weighted by molar-refractivity contribution is 6.11. The number of hydrogen-bond acceptors (Lipinski definition) is 3. The zero-order valence-electron chi connectivity index (χ0n) is 27.6. The van der Waals surface area contributed by atoms with Crippen molar-refractivity contribution < 1.29 is 4.42 Å². The van der Waals surface area contributed by atoms with Crippen LogP contribution in [0.5, 0.6) is 0 Å². The largest absolute Gasteiger partial charge is 0.435 e. The molecule has 0 aliphatic carbocycles. The summed E-state index contributed by atoms with van der Waals surface area (Å²) < 4.78 is 8.85. The second-order valence-electron chi connectivity index (χ2n) is 12.8. The maximum atomic E-state index is 6.48. The Balaban J connectivity index is 1.13. The summed E-state index contributed by atoms with van der Waals surface area (Å²) in [5.74, 6) is 0.624. The highest BCUT2D eigenvalue weighted by atomic mass is 16.3. The van der Waals surface area contributed by atoms with E-state index < -0.39 is 0 Å². The van der Waals surface area contributed by atoms with Crippen LogP contribution >= 0.6 is 0 Å². The first-order chi connectivity index (χ1) is 25.3. The van der Waals surface area contributed by atoms with E-state index in [1.54, 1.807) is 0 Å². The summed E-state index contributed by atoms with van der Waals surface area (Å²) >= 11 is 0. The van der Waals surface area contributed by atoms with Crippen molar-refractivity contribution in [3.63, 3.8) is 0 Å². The van der Waals surface area contributed by atoms with E-state index in [0.29, 0.717) is 5.89 Å². The molecule has 2 heterocycles. The van der Waals surface area contributed by atoms with Crippen molar-refractivity contribution in [1.29, 1.82) is 0 Å². The summed E-state index contributed by atoms with van der Waals surface area (Å²) in [6, 6.07) is 66.2. The van der Waals surface area contributed by atoms with Crippen LogP contribution in [0.25, 0.3) is 71.9 Å². The number of para-hydroxylation sites is 3. The van der Waals surface area contributed by atoms with Gasteiger partial charge >= 0.3 is 0 Å². The highest BCUT2D eigenvalue weighted by Crippen LogP contribution is 2.42. The molecule has 0 radical (unpaired) electrons. The SMILES string of the molecule is c1ccc(-c2nc3c(-c4ccc(N(c5ccccc5)c5ccc6c7ccccc7n(-c7ccccc7)c6c5)cc4)cc4ccccc4c3o2)cc1. The molecule has 0 amide bonds. The van der Waals surface area contributed by atoms with E-state index in [2.05, 4.69) is 167 Å². The predicted octanol–water partition coefficient (Wildman–Crippen LogP) is 12.9. The summed E-state index contributed by atoms with van der Waals surface area (Å²) in [6.07, 6.45) is 0. The Morgan fingerprint density at radius 2 is 1.06 bits per heavy atom. The second kappa shape index (κ2) is 11.9. The van der Waals surface area contributed by atoms with Crippen molar-refractivity contribution in [2.45, 2.75) is 0 Å². The molecular weight excluding hydrogens is 623 g/mol. The Kier molecular flexibility index (Phi) is 6.78. The molecule has 0 fully saturated rings. The highest BCUT2D eigenvalue weighted by Gasteiger charge is 2.19. The van der Waals surface area contributed by atoms with Gasteiger partial charge in [-0.25, -0.2) is 4.98 Å². The molecule has 0 aliphatic heterocycles. The Morgan fingerprint density at radius 1 is 0.451 bits per heavy atom. The van der Waals surface area contributed by atoms with Gasteiger partial charge in [0.1, 0.15) is 5.52 Å². The molecule has 0 spiro atoms. The van der Waals surface area contributed by atoms with Crippen molar-refractivity contribution in [1.82, 2.24) is 9.55 Å². The fourth-order valence-electron chi connectivity index (χ4n) is 7.43. The van der Waals surface area contributed by atoms with Gasteiger partial charge in [-0.3, -0.25) is 0 Å². The molecular formula is C47H31N3O. The normalized spacial score (nSPS) is 11.5. The maximum Gasteiger partial charge on any atom is 0.227 e. The van der Waals surface area contributed by atoms with Gasteiger partial charge in [0.2, 0.25) is 5.89 Å². The minimum absolute atomic E-state index is 0.624. The molecule has 10 aromatic rings. The molecule has 8 aromatic carbocycles. The molecule has 0 bridgehead atoms. The molecule has 0 N–H and O–H groups in total. The molecule has 0 saturated heterocycles. The Labute approximate surface area is 295 Å². The fourth-order valence-corrected chi connectivity index (χ4v) is 7.43. The van der Waals surface area contributed by atoms with Gasteiger partial charge in [-0.1, -0.05) is 115 Å². The average Bonchev–Trinajstić information content (AvgIpc) is 3.80. The quantitative estimate of drug-likeness (QED) is 0.179. The van der Waals surface area contributed by atoms with Crippen molar-refractivity contribution in [2.24, 2.45) is 0 Å². The van der Waals surface area contributed by atoms with Crippen LogP contribution in [0.15, 0.2) is 192 Å². The van der Waals surface area contributed by atoms with Gasteiger partial charge in [-0.2, -0.15) is 0 Å². The standard InChI is InChI=1S/C47H31N3O/c1-4-14-33(15-5-1)47-48-45-42(30-34-16-10-11-21-39(34)46(45)51-47)32-24-26-37(27-25-32)49(35-17-6-2-7-18-35)38-28-29-41-40-22-12-13-23-43(40)50(44(41)31-38)36-19-8-3-9-20-36/h1-31H. The number of rotatable bonds is 6.